The molecule has 3 heterocycles. The normalized spacial score (nSPS) is 30.4. The van der Waals surface area contributed by atoms with Gasteiger partial charge in [0, 0.05) is 38.2 Å². The summed E-state index contributed by atoms with van der Waals surface area (Å²) in [4.78, 5) is 16.8. The average molecular weight is 390 g/mol. The molecule has 0 saturated carbocycles. The van der Waals surface area contributed by atoms with Gasteiger partial charge in [0.05, 0.1) is 18.8 Å². The molecule has 7 nitrogen and oxygen atoms in total. The second kappa shape index (κ2) is 7.63. The first-order chi connectivity index (χ1) is 13.4. The largest absolute Gasteiger partial charge is 0.492 e. The molecule has 2 atom stereocenters. The standard InChI is InChI=1S/C21H30N2O5/c1-20(26)8-12-28-21(19(20)25)6-9-23(10-7-21)18(24)15-22-11-13-27-17-5-3-2-4-16(17)14-22/h2-5,19,25-26H,6-15H2,1H3/t19-,20+/m0/s1. The number of para-hydroxylation sites is 1. The highest BCUT2D eigenvalue weighted by molar-refractivity contribution is 5.78. The van der Waals surface area contributed by atoms with Crippen LogP contribution in [0.25, 0.3) is 0 Å². The van der Waals surface area contributed by atoms with E-state index >= 15 is 0 Å². The van der Waals surface area contributed by atoms with Crippen LogP contribution in [0.5, 0.6) is 5.75 Å². The van der Waals surface area contributed by atoms with Crippen molar-refractivity contribution in [3.8, 4) is 5.75 Å². The number of fused-ring (bicyclic) bond motifs is 1. The van der Waals surface area contributed by atoms with Crippen molar-refractivity contribution < 1.29 is 24.5 Å². The van der Waals surface area contributed by atoms with Gasteiger partial charge in [-0.25, -0.2) is 0 Å². The minimum atomic E-state index is -1.14. The van der Waals surface area contributed by atoms with Crippen LogP contribution in [-0.4, -0.2) is 82.6 Å². The number of carbonyl (C=O) groups is 1. The number of hydrogen-bond acceptors (Lipinski definition) is 6. The number of amides is 1. The van der Waals surface area contributed by atoms with Crippen molar-refractivity contribution >= 4 is 5.91 Å². The van der Waals surface area contributed by atoms with Crippen LogP contribution in [0.15, 0.2) is 24.3 Å². The van der Waals surface area contributed by atoms with Gasteiger partial charge in [0.15, 0.2) is 0 Å². The smallest absolute Gasteiger partial charge is 0.236 e. The van der Waals surface area contributed by atoms with Crippen LogP contribution in [0.2, 0.25) is 0 Å². The number of likely N-dealkylation sites (tertiary alicyclic amines) is 1. The summed E-state index contributed by atoms with van der Waals surface area (Å²) in [6.45, 7) is 5.51. The molecule has 0 unspecified atom stereocenters. The molecule has 0 bridgehead atoms. The van der Waals surface area contributed by atoms with Crippen molar-refractivity contribution in [2.24, 2.45) is 0 Å². The number of hydrogen-bond donors (Lipinski definition) is 2. The second-order valence-corrected chi connectivity index (χ2v) is 8.47. The Kier molecular flexibility index (Phi) is 5.35. The van der Waals surface area contributed by atoms with Gasteiger partial charge in [-0.05, 0) is 25.8 Å². The second-order valence-electron chi connectivity index (χ2n) is 8.47. The monoisotopic (exact) mass is 390 g/mol. The Labute approximate surface area is 165 Å². The van der Waals surface area contributed by atoms with E-state index < -0.39 is 17.3 Å². The van der Waals surface area contributed by atoms with Crippen LogP contribution in [0.1, 0.15) is 31.7 Å². The Bertz CT molecular complexity index is 715. The summed E-state index contributed by atoms with van der Waals surface area (Å²) in [6.07, 6.45) is 0.589. The lowest BCUT2D eigenvalue weighted by molar-refractivity contribution is -0.245. The summed E-state index contributed by atoms with van der Waals surface area (Å²) >= 11 is 0. The van der Waals surface area contributed by atoms with Gasteiger partial charge in [0.1, 0.15) is 24.1 Å². The Morgan fingerprint density at radius 3 is 2.71 bits per heavy atom. The van der Waals surface area contributed by atoms with Crippen molar-refractivity contribution in [1.82, 2.24) is 9.80 Å². The minimum absolute atomic E-state index is 0.0892. The molecular formula is C21H30N2O5. The molecule has 7 heteroatoms. The molecule has 1 aromatic carbocycles. The maximum absolute atomic E-state index is 12.9. The molecule has 154 valence electrons. The van der Waals surface area contributed by atoms with Gasteiger partial charge in [0.2, 0.25) is 5.91 Å². The first kappa shape index (κ1) is 19.6. The van der Waals surface area contributed by atoms with Gasteiger partial charge < -0.3 is 24.6 Å². The molecule has 28 heavy (non-hydrogen) atoms. The van der Waals surface area contributed by atoms with Gasteiger partial charge in [-0.3, -0.25) is 9.69 Å². The lowest BCUT2D eigenvalue weighted by atomic mass is 9.75. The summed E-state index contributed by atoms with van der Waals surface area (Å²) in [5, 5.41) is 21.1. The highest BCUT2D eigenvalue weighted by Gasteiger charge is 2.52. The third-order valence-electron chi connectivity index (χ3n) is 6.44. The molecule has 4 rings (SSSR count). The summed E-state index contributed by atoms with van der Waals surface area (Å²) in [7, 11) is 0. The van der Waals surface area contributed by atoms with Crippen molar-refractivity contribution in [2.45, 2.75) is 50.0 Å². The van der Waals surface area contributed by atoms with Gasteiger partial charge in [-0.2, -0.15) is 0 Å². The molecule has 1 spiro atoms. The van der Waals surface area contributed by atoms with Crippen LogP contribution in [-0.2, 0) is 16.1 Å². The summed E-state index contributed by atoms with van der Waals surface area (Å²) in [5.74, 6) is 0.985. The molecule has 1 amide bonds. The fourth-order valence-electron chi connectivity index (χ4n) is 4.60. The van der Waals surface area contributed by atoms with Crippen molar-refractivity contribution in [2.75, 3.05) is 39.4 Å². The molecule has 1 aromatic rings. The zero-order chi connectivity index (χ0) is 19.8. The molecule has 3 aliphatic rings. The lowest BCUT2D eigenvalue weighted by Crippen LogP contribution is -2.64. The van der Waals surface area contributed by atoms with E-state index in [4.69, 9.17) is 9.47 Å². The number of aliphatic hydroxyl groups excluding tert-OH is 1. The topological polar surface area (TPSA) is 82.5 Å². The summed E-state index contributed by atoms with van der Waals surface area (Å²) < 4.78 is 11.7. The van der Waals surface area contributed by atoms with Gasteiger partial charge in [-0.1, -0.05) is 18.2 Å². The average Bonchev–Trinajstić information content (AvgIpc) is 2.88. The van der Waals surface area contributed by atoms with E-state index in [2.05, 4.69) is 4.90 Å². The number of ether oxygens (including phenoxy) is 2. The number of benzene rings is 1. The molecule has 0 radical (unpaired) electrons. The molecule has 2 fully saturated rings. The predicted octanol–water partition coefficient (Wildman–Crippen LogP) is 0.774. The third-order valence-corrected chi connectivity index (χ3v) is 6.44. The Balaban J connectivity index is 1.35. The SMILES string of the molecule is C[C@@]1(O)CCOC2(CCN(C(=O)CN3CCOc4ccccc4C3)CC2)[C@H]1O. The van der Waals surface area contributed by atoms with Crippen LogP contribution < -0.4 is 4.74 Å². The van der Waals surface area contributed by atoms with Gasteiger partial charge >= 0.3 is 0 Å². The molecular weight excluding hydrogens is 360 g/mol. The molecule has 0 aromatic heterocycles. The predicted molar refractivity (Wildman–Crippen MR) is 103 cm³/mol. The fraction of sp³-hybridized carbons (Fsp3) is 0.667. The maximum Gasteiger partial charge on any atom is 0.236 e. The Morgan fingerprint density at radius 1 is 1.18 bits per heavy atom. The molecule has 3 aliphatic heterocycles. The molecule has 2 N–H and O–H groups in total. The fourth-order valence-corrected chi connectivity index (χ4v) is 4.60. The van der Waals surface area contributed by atoms with Crippen molar-refractivity contribution in [3.63, 3.8) is 0 Å². The van der Waals surface area contributed by atoms with Crippen LogP contribution in [0.4, 0.5) is 0 Å². The first-order valence-corrected chi connectivity index (χ1v) is 10.1. The number of carbonyl (C=O) groups excluding carboxylic acids is 1. The van der Waals surface area contributed by atoms with Gasteiger partial charge in [0.25, 0.3) is 0 Å². The number of aliphatic hydroxyl groups is 2. The number of nitrogens with zero attached hydrogens (tertiary/aromatic N) is 2. The maximum atomic E-state index is 12.9. The van der Waals surface area contributed by atoms with Gasteiger partial charge in [-0.15, -0.1) is 0 Å². The minimum Gasteiger partial charge on any atom is -0.492 e. The zero-order valence-electron chi connectivity index (χ0n) is 16.5. The zero-order valence-corrected chi connectivity index (χ0v) is 16.5. The first-order valence-electron chi connectivity index (χ1n) is 10.1. The number of rotatable bonds is 2. The third kappa shape index (κ3) is 3.76. The van der Waals surface area contributed by atoms with Crippen molar-refractivity contribution in [1.29, 1.82) is 0 Å². The summed E-state index contributed by atoms with van der Waals surface area (Å²) in [5.41, 5.74) is -0.774. The van der Waals surface area contributed by atoms with Crippen LogP contribution in [0.3, 0.4) is 0 Å². The van der Waals surface area contributed by atoms with Crippen molar-refractivity contribution in [3.05, 3.63) is 29.8 Å². The lowest BCUT2D eigenvalue weighted by Gasteiger charge is -2.51. The quantitative estimate of drug-likeness (QED) is 0.777. The molecule has 2 saturated heterocycles. The van der Waals surface area contributed by atoms with E-state index in [0.717, 1.165) is 11.3 Å². The summed E-state index contributed by atoms with van der Waals surface area (Å²) in [6, 6.07) is 7.95. The van der Waals surface area contributed by atoms with E-state index in [1.54, 1.807) is 6.92 Å². The van der Waals surface area contributed by atoms with Crippen LogP contribution in [0, 0.1) is 0 Å². The van der Waals surface area contributed by atoms with E-state index in [1.807, 2.05) is 29.2 Å². The van der Waals surface area contributed by atoms with Crippen LogP contribution >= 0.6 is 0 Å². The highest BCUT2D eigenvalue weighted by atomic mass is 16.5. The highest BCUT2D eigenvalue weighted by Crippen LogP contribution is 2.39. The van der Waals surface area contributed by atoms with E-state index in [9.17, 15) is 15.0 Å². The Morgan fingerprint density at radius 2 is 1.93 bits per heavy atom. The number of piperidine rings is 1. The van der Waals surface area contributed by atoms with E-state index in [-0.39, 0.29) is 5.91 Å². The molecule has 0 aliphatic carbocycles. The Hall–Kier alpha value is -1.67. The van der Waals surface area contributed by atoms with E-state index in [1.165, 1.54) is 0 Å². The van der Waals surface area contributed by atoms with E-state index in [0.29, 0.717) is 65.2 Å².